The molecule has 0 bridgehead atoms. The van der Waals surface area contributed by atoms with Gasteiger partial charge in [0.05, 0.1) is 0 Å². The third-order valence-electron chi connectivity index (χ3n) is 4.35. The first-order chi connectivity index (χ1) is 11.7. The molecule has 1 aliphatic carbocycles. The highest BCUT2D eigenvalue weighted by Crippen LogP contribution is 2.18. The molecule has 0 aliphatic heterocycles. The van der Waals surface area contributed by atoms with Crippen molar-refractivity contribution in [3.05, 3.63) is 71.8 Å². The van der Waals surface area contributed by atoms with Crippen LogP contribution in [0.3, 0.4) is 0 Å². The van der Waals surface area contributed by atoms with Crippen LogP contribution in [0.2, 0.25) is 0 Å². The first kappa shape index (κ1) is 16.7. The van der Waals surface area contributed by atoms with E-state index in [0.29, 0.717) is 24.1 Å². The second kappa shape index (κ2) is 8.06. The molecule has 4 heteroatoms. The molecule has 1 fully saturated rings. The highest BCUT2D eigenvalue weighted by molar-refractivity contribution is 7.82. The standard InChI is InChI=1S/C20H22N2OS/c23-20(19(24)21-18-12-7-13-18)22(14-16-8-3-1-4-9-16)15-17-10-5-2-6-11-17/h1-6,8-11,18H,7,12-15H2,(H,21,24). The number of rotatable bonds is 5. The molecule has 1 N–H and O–H groups in total. The van der Waals surface area contributed by atoms with Gasteiger partial charge < -0.3 is 10.2 Å². The molecule has 1 saturated carbocycles. The number of thiocarbonyl (C=S) groups is 1. The highest BCUT2D eigenvalue weighted by Gasteiger charge is 2.24. The maximum Gasteiger partial charge on any atom is 0.281 e. The zero-order valence-corrected chi connectivity index (χ0v) is 14.5. The Morgan fingerprint density at radius 2 is 1.46 bits per heavy atom. The number of carbonyl (C=O) groups is 1. The van der Waals surface area contributed by atoms with Crippen LogP contribution >= 0.6 is 12.2 Å². The monoisotopic (exact) mass is 338 g/mol. The molecule has 124 valence electrons. The van der Waals surface area contributed by atoms with Crippen LogP contribution in [0.5, 0.6) is 0 Å². The average Bonchev–Trinajstić information content (AvgIpc) is 2.58. The Morgan fingerprint density at radius 1 is 0.958 bits per heavy atom. The SMILES string of the molecule is O=C(C(=S)NC1CCC1)N(Cc1ccccc1)Cc1ccccc1. The Morgan fingerprint density at radius 3 is 1.88 bits per heavy atom. The van der Waals surface area contributed by atoms with Crippen LogP contribution in [0, 0.1) is 0 Å². The maximum absolute atomic E-state index is 12.8. The van der Waals surface area contributed by atoms with Crippen LogP contribution in [0.4, 0.5) is 0 Å². The van der Waals surface area contributed by atoms with Gasteiger partial charge in [0.1, 0.15) is 0 Å². The summed E-state index contributed by atoms with van der Waals surface area (Å²) in [6, 6.07) is 20.4. The lowest BCUT2D eigenvalue weighted by Gasteiger charge is -2.29. The summed E-state index contributed by atoms with van der Waals surface area (Å²) >= 11 is 5.36. The lowest BCUT2D eigenvalue weighted by molar-refractivity contribution is -0.125. The van der Waals surface area contributed by atoms with E-state index in [-0.39, 0.29) is 5.91 Å². The number of hydrogen-bond donors (Lipinski definition) is 1. The number of hydrogen-bond acceptors (Lipinski definition) is 2. The lowest BCUT2D eigenvalue weighted by atomic mass is 9.93. The number of carbonyl (C=O) groups excluding carboxylic acids is 1. The Balaban J connectivity index is 1.72. The summed E-state index contributed by atoms with van der Waals surface area (Å²) < 4.78 is 0. The molecule has 3 nitrogen and oxygen atoms in total. The van der Waals surface area contributed by atoms with Gasteiger partial charge in [-0.05, 0) is 30.4 Å². The predicted molar refractivity (Wildman–Crippen MR) is 101 cm³/mol. The first-order valence-corrected chi connectivity index (χ1v) is 8.81. The Bertz CT molecular complexity index is 642. The van der Waals surface area contributed by atoms with Crippen molar-refractivity contribution in [2.45, 2.75) is 38.4 Å². The van der Waals surface area contributed by atoms with Gasteiger partial charge in [0.25, 0.3) is 5.91 Å². The van der Waals surface area contributed by atoms with Crippen LogP contribution in [0.15, 0.2) is 60.7 Å². The van der Waals surface area contributed by atoms with Gasteiger partial charge in [-0.1, -0.05) is 72.9 Å². The van der Waals surface area contributed by atoms with E-state index in [9.17, 15) is 4.79 Å². The molecule has 0 spiro atoms. The van der Waals surface area contributed by atoms with Crippen LogP contribution in [-0.4, -0.2) is 21.8 Å². The molecular formula is C20H22N2OS. The van der Waals surface area contributed by atoms with E-state index in [1.165, 1.54) is 6.42 Å². The highest BCUT2D eigenvalue weighted by atomic mass is 32.1. The smallest absolute Gasteiger partial charge is 0.281 e. The van der Waals surface area contributed by atoms with E-state index in [4.69, 9.17) is 12.2 Å². The van der Waals surface area contributed by atoms with E-state index in [1.807, 2.05) is 65.6 Å². The predicted octanol–water partition coefficient (Wildman–Crippen LogP) is 3.68. The number of nitrogens with zero attached hydrogens (tertiary/aromatic N) is 1. The molecule has 3 rings (SSSR count). The van der Waals surface area contributed by atoms with E-state index in [2.05, 4.69) is 5.32 Å². The van der Waals surface area contributed by atoms with Gasteiger partial charge in [-0.3, -0.25) is 4.79 Å². The molecule has 24 heavy (non-hydrogen) atoms. The minimum atomic E-state index is -0.0930. The van der Waals surface area contributed by atoms with Gasteiger partial charge in [0, 0.05) is 19.1 Å². The quantitative estimate of drug-likeness (QED) is 0.844. The van der Waals surface area contributed by atoms with E-state index in [1.54, 1.807) is 0 Å². The van der Waals surface area contributed by atoms with Crippen LogP contribution in [0.25, 0.3) is 0 Å². The third kappa shape index (κ3) is 4.42. The molecule has 2 aromatic carbocycles. The van der Waals surface area contributed by atoms with Crippen molar-refractivity contribution in [2.24, 2.45) is 0 Å². The van der Waals surface area contributed by atoms with E-state index >= 15 is 0 Å². The number of nitrogens with one attached hydrogen (secondary N) is 1. The van der Waals surface area contributed by atoms with Crippen LogP contribution in [-0.2, 0) is 17.9 Å². The summed E-state index contributed by atoms with van der Waals surface area (Å²) in [4.78, 5) is 15.0. The minimum Gasteiger partial charge on any atom is -0.369 e. The molecule has 0 atom stereocenters. The average molecular weight is 338 g/mol. The van der Waals surface area contributed by atoms with Crippen LogP contribution < -0.4 is 5.32 Å². The zero-order chi connectivity index (χ0) is 16.8. The van der Waals surface area contributed by atoms with Gasteiger partial charge in [0.2, 0.25) is 0 Å². The Hall–Kier alpha value is -2.20. The molecule has 0 aromatic heterocycles. The van der Waals surface area contributed by atoms with Crippen molar-refractivity contribution in [3.63, 3.8) is 0 Å². The summed E-state index contributed by atoms with van der Waals surface area (Å²) in [6.45, 7) is 1.11. The molecule has 1 amide bonds. The molecule has 0 unspecified atom stereocenters. The van der Waals surface area contributed by atoms with Crippen molar-refractivity contribution < 1.29 is 4.79 Å². The summed E-state index contributed by atoms with van der Waals surface area (Å²) in [7, 11) is 0. The van der Waals surface area contributed by atoms with Crippen molar-refractivity contribution in [2.75, 3.05) is 0 Å². The topological polar surface area (TPSA) is 32.3 Å². The summed E-state index contributed by atoms with van der Waals surface area (Å²) in [6.07, 6.45) is 3.42. The molecule has 1 aliphatic rings. The second-order valence-electron chi connectivity index (χ2n) is 6.23. The number of benzene rings is 2. The maximum atomic E-state index is 12.8. The van der Waals surface area contributed by atoms with Gasteiger partial charge >= 0.3 is 0 Å². The lowest BCUT2D eigenvalue weighted by Crippen LogP contribution is -2.47. The molecular weight excluding hydrogens is 316 g/mol. The fraction of sp³-hybridized carbons (Fsp3) is 0.300. The van der Waals surface area contributed by atoms with Crippen molar-refractivity contribution in [1.29, 1.82) is 0 Å². The van der Waals surface area contributed by atoms with E-state index in [0.717, 1.165) is 24.0 Å². The molecule has 0 saturated heterocycles. The summed E-state index contributed by atoms with van der Waals surface area (Å²) in [5.74, 6) is -0.0930. The van der Waals surface area contributed by atoms with Gasteiger partial charge in [-0.15, -0.1) is 0 Å². The van der Waals surface area contributed by atoms with Crippen molar-refractivity contribution in [1.82, 2.24) is 10.2 Å². The van der Waals surface area contributed by atoms with Gasteiger partial charge in [-0.2, -0.15) is 0 Å². The summed E-state index contributed by atoms with van der Waals surface area (Å²) in [5, 5.41) is 3.21. The Kier molecular flexibility index (Phi) is 5.59. The third-order valence-corrected chi connectivity index (χ3v) is 4.65. The number of amides is 1. The zero-order valence-electron chi connectivity index (χ0n) is 13.7. The van der Waals surface area contributed by atoms with Gasteiger partial charge in [-0.25, -0.2) is 0 Å². The largest absolute Gasteiger partial charge is 0.369 e. The minimum absolute atomic E-state index is 0.0930. The normalized spacial score (nSPS) is 13.8. The second-order valence-corrected chi connectivity index (χ2v) is 6.64. The molecule has 0 radical (unpaired) electrons. The van der Waals surface area contributed by atoms with Crippen molar-refractivity contribution in [3.8, 4) is 0 Å². The van der Waals surface area contributed by atoms with Gasteiger partial charge in [0.15, 0.2) is 4.99 Å². The molecule has 0 heterocycles. The summed E-state index contributed by atoms with van der Waals surface area (Å²) in [5.41, 5.74) is 2.21. The van der Waals surface area contributed by atoms with Crippen molar-refractivity contribution >= 4 is 23.1 Å². The first-order valence-electron chi connectivity index (χ1n) is 8.40. The van der Waals surface area contributed by atoms with Crippen LogP contribution in [0.1, 0.15) is 30.4 Å². The van der Waals surface area contributed by atoms with E-state index < -0.39 is 0 Å². The fourth-order valence-electron chi connectivity index (χ4n) is 2.75. The molecule has 2 aromatic rings. The fourth-order valence-corrected chi connectivity index (χ4v) is 3.05. The Labute approximate surface area is 148 Å².